The van der Waals surface area contributed by atoms with Crippen LogP contribution in [0.4, 0.5) is 4.79 Å². The Morgan fingerprint density at radius 1 is 1.48 bits per heavy atom. The number of morpholine rings is 1. The number of likely N-dealkylation sites (tertiary alicyclic amines) is 1. The van der Waals surface area contributed by atoms with Crippen LogP contribution in [0, 0.1) is 0 Å². The van der Waals surface area contributed by atoms with E-state index in [2.05, 4.69) is 22.1 Å². The molecule has 0 bridgehead atoms. The number of ether oxygens (including phenoxy) is 1. The third kappa shape index (κ3) is 4.22. The smallest absolute Gasteiger partial charge is 0.318 e. The SMILES string of the molecule is CC[C@@H](NC(=O)N1CCC[C@H]1CN1CCOCC1)c1nccs1. The molecule has 0 unspecified atom stereocenters. The van der Waals surface area contributed by atoms with Crippen molar-refractivity contribution >= 4 is 17.4 Å². The molecule has 3 rings (SSSR count). The van der Waals surface area contributed by atoms with Crippen LogP contribution in [-0.2, 0) is 4.74 Å². The maximum atomic E-state index is 12.7. The van der Waals surface area contributed by atoms with Gasteiger partial charge >= 0.3 is 6.03 Å². The summed E-state index contributed by atoms with van der Waals surface area (Å²) in [5, 5.41) is 6.12. The molecular weight excluding hydrogens is 312 g/mol. The zero-order valence-electron chi connectivity index (χ0n) is 13.7. The third-order valence-corrected chi connectivity index (χ3v) is 5.56. The van der Waals surface area contributed by atoms with Crippen LogP contribution in [-0.4, -0.2) is 66.2 Å². The number of nitrogens with one attached hydrogen (secondary N) is 1. The molecule has 0 radical (unpaired) electrons. The minimum Gasteiger partial charge on any atom is -0.379 e. The van der Waals surface area contributed by atoms with E-state index in [4.69, 9.17) is 4.74 Å². The van der Waals surface area contributed by atoms with E-state index < -0.39 is 0 Å². The Morgan fingerprint density at radius 2 is 2.30 bits per heavy atom. The summed E-state index contributed by atoms with van der Waals surface area (Å²) in [5.74, 6) is 0. The summed E-state index contributed by atoms with van der Waals surface area (Å²) in [6.45, 7) is 7.47. The Bertz CT molecular complexity index is 490. The van der Waals surface area contributed by atoms with Crippen molar-refractivity contribution < 1.29 is 9.53 Å². The van der Waals surface area contributed by atoms with Gasteiger partial charge < -0.3 is 15.0 Å². The molecule has 2 atom stereocenters. The summed E-state index contributed by atoms with van der Waals surface area (Å²) in [6.07, 6.45) is 4.85. The second-order valence-corrected chi connectivity index (χ2v) is 7.11. The van der Waals surface area contributed by atoms with E-state index in [1.54, 1.807) is 17.5 Å². The Hall–Kier alpha value is -1.18. The molecule has 0 aliphatic carbocycles. The van der Waals surface area contributed by atoms with Crippen molar-refractivity contribution in [1.29, 1.82) is 0 Å². The minimum atomic E-state index is 0.0205. The topological polar surface area (TPSA) is 57.7 Å². The Morgan fingerprint density at radius 3 is 3.00 bits per heavy atom. The number of thiazole rings is 1. The van der Waals surface area contributed by atoms with Crippen LogP contribution < -0.4 is 5.32 Å². The molecule has 7 heteroatoms. The van der Waals surface area contributed by atoms with Crippen LogP contribution in [0.3, 0.4) is 0 Å². The van der Waals surface area contributed by atoms with E-state index in [1.807, 2.05) is 10.3 Å². The first-order valence-electron chi connectivity index (χ1n) is 8.54. The van der Waals surface area contributed by atoms with E-state index in [0.717, 1.165) is 63.7 Å². The lowest BCUT2D eigenvalue weighted by Gasteiger charge is -2.33. The molecule has 2 aliphatic heterocycles. The Balaban J connectivity index is 1.56. The number of urea groups is 1. The fourth-order valence-corrected chi connectivity index (χ4v) is 4.12. The normalized spacial score (nSPS) is 23.9. The van der Waals surface area contributed by atoms with Crippen molar-refractivity contribution in [2.75, 3.05) is 39.4 Å². The first-order valence-corrected chi connectivity index (χ1v) is 9.42. The number of aromatic nitrogens is 1. The maximum Gasteiger partial charge on any atom is 0.318 e. The van der Waals surface area contributed by atoms with Crippen molar-refractivity contribution in [2.24, 2.45) is 0 Å². The van der Waals surface area contributed by atoms with Gasteiger partial charge in [-0.3, -0.25) is 4.90 Å². The molecule has 0 spiro atoms. The number of hydrogen-bond donors (Lipinski definition) is 1. The maximum absolute atomic E-state index is 12.7. The first-order chi connectivity index (χ1) is 11.3. The van der Waals surface area contributed by atoms with Gasteiger partial charge in [-0.25, -0.2) is 9.78 Å². The van der Waals surface area contributed by atoms with Gasteiger partial charge in [-0.05, 0) is 19.3 Å². The van der Waals surface area contributed by atoms with E-state index >= 15 is 0 Å². The van der Waals surface area contributed by atoms with Gasteiger partial charge in [0, 0.05) is 43.8 Å². The Labute approximate surface area is 141 Å². The molecule has 6 nitrogen and oxygen atoms in total. The molecule has 2 fully saturated rings. The molecule has 3 heterocycles. The van der Waals surface area contributed by atoms with Crippen LogP contribution in [0.15, 0.2) is 11.6 Å². The highest BCUT2D eigenvalue weighted by Gasteiger charge is 2.31. The highest BCUT2D eigenvalue weighted by molar-refractivity contribution is 7.09. The first kappa shape index (κ1) is 16.7. The number of carbonyl (C=O) groups excluding carboxylic acids is 1. The molecule has 1 aromatic rings. The average molecular weight is 338 g/mol. The largest absolute Gasteiger partial charge is 0.379 e. The van der Waals surface area contributed by atoms with Crippen molar-refractivity contribution in [2.45, 2.75) is 38.3 Å². The summed E-state index contributed by atoms with van der Waals surface area (Å²) in [7, 11) is 0. The van der Waals surface area contributed by atoms with Gasteiger partial charge in [-0.1, -0.05) is 6.92 Å². The van der Waals surface area contributed by atoms with Crippen LogP contribution in [0.25, 0.3) is 0 Å². The summed E-state index contributed by atoms with van der Waals surface area (Å²) >= 11 is 1.60. The molecular formula is C16H26N4O2S. The fraction of sp³-hybridized carbons (Fsp3) is 0.750. The predicted molar refractivity (Wildman–Crippen MR) is 90.7 cm³/mol. The monoisotopic (exact) mass is 338 g/mol. The van der Waals surface area contributed by atoms with Crippen LogP contribution in [0.2, 0.25) is 0 Å². The van der Waals surface area contributed by atoms with Gasteiger partial charge in [-0.15, -0.1) is 11.3 Å². The summed E-state index contributed by atoms with van der Waals surface area (Å²) in [4.78, 5) is 21.5. The van der Waals surface area contributed by atoms with E-state index in [9.17, 15) is 4.79 Å². The molecule has 2 saturated heterocycles. The number of rotatable bonds is 5. The standard InChI is InChI=1S/C16H26N4O2S/c1-2-14(15-17-5-11-23-15)18-16(21)20-6-3-4-13(20)12-19-7-9-22-10-8-19/h5,11,13-14H,2-4,6-10,12H2,1H3,(H,18,21)/t13-,14+/m0/s1. The number of nitrogens with zero attached hydrogens (tertiary/aromatic N) is 3. The van der Waals surface area contributed by atoms with Gasteiger partial charge in [0.15, 0.2) is 0 Å². The molecule has 128 valence electrons. The van der Waals surface area contributed by atoms with E-state index in [1.165, 1.54) is 0 Å². The second-order valence-electron chi connectivity index (χ2n) is 6.18. The van der Waals surface area contributed by atoms with Gasteiger partial charge in [0.25, 0.3) is 0 Å². The third-order valence-electron chi connectivity index (χ3n) is 4.67. The van der Waals surface area contributed by atoms with Crippen LogP contribution >= 0.6 is 11.3 Å². The Kier molecular flexibility index (Phi) is 5.85. The van der Waals surface area contributed by atoms with Crippen molar-refractivity contribution in [3.63, 3.8) is 0 Å². The van der Waals surface area contributed by atoms with Crippen molar-refractivity contribution in [3.05, 3.63) is 16.6 Å². The zero-order chi connectivity index (χ0) is 16.1. The van der Waals surface area contributed by atoms with E-state index in [0.29, 0.717) is 6.04 Å². The van der Waals surface area contributed by atoms with Gasteiger partial charge in [0.05, 0.1) is 19.3 Å². The molecule has 2 aliphatic rings. The quantitative estimate of drug-likeness (QED) is 0.893. The number of amides is 2. The lowest BCUT2D eigenvalue weighted by atomic mass is 10.2. The fourth-order valence-electron chi connectivity index (χ4n) is 3.35. The lowest BCUT2D eigenvalue weighted by molar-refractivity contribution is 0.0291. The molecule has 23 heavy (non-hydrogen) atoms. The number of hydrogen-bond acceptors (Lipinski definition) is 5. The van der Waals surface area contributed by atoms with E-state index in [-0.39, 0.29) is 12.1 Å². The van der Waals surface area contributed by atoms with Crippen molar-refractivity contribution in [1.82, 2.24) is 20.1 Å². The summed E-state index contributed by atoms with van der Waals surface area (Å²) < 4.78 is 5.41. The molecule has 0 saturated carbocycles. The van der Waals surface area contributed by atoms with Gasteiger partial charge in [-0.2, -0.15) is 0 Å². The predicted octanol–water partition coefficient (Wildman–Crippen LogP) is 2.10. The average Bonchev–Trinajstić information content (AvgIpc) is 3.25. The zero-order valence-corrected chi connectivity index (χ0v) is 14.6. The molecule has 0 aromatic carbocycles. The summed E-state index contributed by atoms with van der Waals surface area (Å²) in [5.41, 5.74) is 0. The van der Waals surface area contributed by atoms with Crippen LogP contribution in [0.5, 0.6) is 0 Å². The highest BCUT2D eigenvalue weighted by atomic mass is 32.1. The van der Waals surface area contributed by atoms with Gasteiger partial charge in [0.1, 0.15) is 5.01 Å². The minimum absolute atomic E-state index is 0.0205. The second kappa shape index (κ2) is 8.08. The highest BCUT2D eigenvalue weighted by Crippen LogP contribution is 2.22. The van der Waals surface area contributed by atoms with Crippen LogP contribution in [0.1, 0.15) is 37.2 Å². The number of carbonyl (C=O) groups is 1. The lowest BCUT2D eigenvalue weighted by Crippen LogP contribution is -2.49. The summed E-state index contributed by atoms with van der Waals surface area (Å²) in [6, 6.07) is 0.400. The molecule has 1 N–H and O–H groups in total. The molecule has 2 amide bonds. The van der Waals surface area contributed by atoms with Gasteiger partial charge in [0.2, 0.25) is 0 Å². The van der Waals surface area contributed by atoms with Crippen molar-refractivity contribution in [3.8, 4) is 0 Å². The molecule has 1 aromatic heterocycles.